The van der Waals surface area contributed by atoms with Crippen LogP contribution < -0.4 is 5.73 Å². The number of thiophene rings is 1. The first-order valence-corrected chi connectivity index (χ1v) is 4.91. The second-order valence-electron chi connectivity index (χ2n) is 2.23. The minimum Gasteiger partial charge on any atom is -0.323 e. The van der Waals surface area contributed by atoms with E-state index >= 15 is 0 Å². The van der Waals surface area contributed by atoms with Gasteiger partial charge in [-0.15, -0.1) is 11.3 Å². The molecule has 1 aromatic rings. The molecule has 0 amide bonds. The fourth-order valence-corrected chi connectivity index (χ4v) is 2.25. The Morgan fingerprint density at radius 1 is 1.64 bits per heavy atom. The normalized spacial score (nSPS) is 13.4. The van der Waals surface area contributed by atoms with Gasteiger partial charge in [-0.2, -0.15) is 0 Å². The Morgan fingerprint density at radius 2 is 2.36 bits per heavy atom. The van der Waals surface area contributed by atoms with Crippen molar-refractivity contribution in [3.63, 3.8) is 0 Å². The molecule has 11 heavy (non-hydrogen) atoms. The lowest BCUT2D eigenvalue weighted by Gasteiger charge is -2.04. The monoisotopic (exact) mass is 237 g/mol. The van der Waals surface area contributed by atoms with Crippen LogP contribution in [0.5, 0.6) is 0 Å². The van der Waals surface area contributed by atoms with Crippen molar-refractivity contribution in [3.8, 4) is 0 Å². The summed E-state index contributed by atoms with van der Waals surface area (Å²) >= 11 is 4.88. The summed E-state index contributed by atoms with van der Waals surface area (Å²) in [6.45, 7) is -0.351. The third kappa shape index (κ3) is 2.54. The molecule has 0 radical (unpaired) electrons. The van der Waals surface area contributed by atoms with Crippen LogP contribution in [0, 0.1) is 0 Å². The predicted octanol–water partition coefficient (Wildman–Crippen LogP) is 2.87. The third-order valence-electron chi connectivity index (χ3n) is 1.38. The molecule has 1 nitrogen and oxygen atoms in total. The summed E-state index contributed by atoms with van der Waals surface area (Å²) in [5.41, 5.74) is 5.67. The second-order valence-corrected chi connectivity index (χ2v) is 4.72. The molecule has 1 heterocycles. The van der Waals surface area contributed by atoms with E-state index in [1.807, 2.05) is 12.1 Å². The first kappa shape index (κ1) is 9.16. The molecule has 4 heteroatoms. The van der Waals surface area contributed by atoms with Crippen molar-refractivity contribution in [2.75, 3.05) is 6.67 Å². The van der Waals surface area contributed by atoms with Crippen molar-refractivity contribution in [2.45, 2.75) is 12.5 Å². The lowest BCUT2D eigenvalue weighted by molar-refractivity contribution is 0.444. The molecule has 0 fully saturated rings. The molecular formula is C7H9BrFNS. The van der Waals surface area contributed by atoms with Crippen molar-refractivity contribution >= 4 is 27.3 Å². The van der Waals surface area contributed by atoms with Crippen LogP contribution in [-0.2, 0) is 0 Å². The molecular weight excluding hydrogens is 229 g/mol. The largest absolute Gasteiger partial charge is 0.323 e. The fraction of sp³-hybridized carbons (Fsp3) is 0.429. The molecule has 0 aromatic carbocycles. The molecule has 2 N–H and O–H groups in total. The number of rotatable bonds is 3. The third-order valence-corrected chi connectivity index (χ3v) is 3.14. The Kier molecular flexibility index (Phi) is 3.48. The smallest absolute Gasteiger partial charge is 0.0912 e. The standard InChI is InChI=1S/C7H9BrFNS/c8-7-2-1-6(11-7)5(10)3-4-9/h1-2,5H,3-4,10H2/t5-/m1/s1. The Bertz CT molecular complexity index is 226. The van der Waals surface area contributed by atoms with Gasteiger partial charge in [-0.25, -0.2) is 0 Å². The molecule has 0 aliphatic rings. The Labute approximate surface area is 77.5 Å². The van der Waals surface area contributed by atoms with E-state index in [-0.39, 0.29) is 12.7 Å². The van der Waals surface area contributed by atoms with E-state index in [2.05, 4.69) is 15.9 Å². The quantitative estimate of drug-likeness (QED) is 0.860. The highest BCUT2D eigenvalue weighted by Gasteiger charge is 2.07. The Morgan fingerprint density at radius 3 is 2.82 bits per heavy atom. The van der Waals surface area contributed by atoms with Crippen LogP contribution in [0.4, 0.5) is 4.39 Å². The van der Waals surface area contributed by atoms with E-state index in [9.17, 15) is 4.39 Å². The van der Waals surface area contributed by atoms with Crippen molar-refractivity contribution in [1.29, 1.82) is 0 Å². The van der Waals surface area contributed by atoms with E-state index < -0.39 is 0 Å². The zero-order valence-electron chi connectivity index (χ0n) is 5.89. The van der Waals surface area contributed by atoms with Gasteiger partial charge in [-0.1, -0.05) is 0 Å². The predicted molar refractivity (Wildman–Crippen MR) is 49.5 cm³/mol. The molecule has 0 saturated carbocycles. The minimum atomic E-state index is -0.351. The summed E-state index contributed by atoms with van der Waals surface area (Å²) in [5.74, 6) is 0. The fourth-order valence-electron chi connectivity index (χ4n) is 0.787. The van der Waals surface area contributed by atoms with Gasteiger partial charge in [0.1, 0.15) is 0 Å². The summed E-state index contributed by atoms with van der Waals surface area (Å²) in [6, 6.07) is 3.71. The molecule has 0 spiro atoms. The molecule has 1 aromatic heterocycles. The van der Waals surface area contributed by atoms with Gasteiger partial charge in [0, 0.05) is 10.9 Å². The van der Waals surface area contributed by atoms with Crippen LogP contribution in [-0.4, -0.2) is 6.67 Å². The van der Waals surface area contributed by atoms with Gasteiger partial charge in [-0.05, 0) is 34.5 Å². The molecule has 1 atom stereocenters. The molecule has 0 unspecified atom stereocenters. The maximum Gasteiger partial charge on any atom is 0.0912 e. The zero-order valence-corrected chi connectivity index (χ0v) is 8.29. The van der Waals surface area contributed by atoms with Crippen molar-refractivity contribution in [3.05, 3.63) is 20.8 Å². The molecule has 0 aliphatic heterocycles. The van der Waals surface area contributed by atoms with Crippen LogP contribution in [0.15, 0.2) is 15.9 Å². The highest BCUT2D eigenvalue weighted by atomic mass is 79.9. The lowest BCUT2D eigenvalue weighted by atomic mass is 10.2. The van der Waals surface area contributed by atoms with E-state index in [4.69, 9.17) is 5.73 Å². The minimum absolute atomic E-state index is 0.142. The number of hydrogen-bond donors (Lipinski definition) is 1. The number of alkyl halides is 1. The molecule has 0 saturated heterocycles. The van der Waals surface area contributed by atoms with E-state index in [1.54, 1.807) is 11.3 Å². The van der Waals surface area contributed by atoms with Crippen LogP contribution in [0.1, 0.15) is 17.3 Å². The van der Waals surface area contributed by atoms with Gasteiger partial charge in [0.2, 0.25) is 0 Å². The van der Waals surface area contributed by atoms with Gasteiger partial charge >= 0.3 is 0 Å². The Hall–Kier alpha value is 0.0700. The molecule has 62 valence electrons. The first-order valence-electron chi connectivity index (χ1n) is 3.31. The average Bonchev–Trinajstić information content (AvgIpc) is 2.36. The van der Waals surface area contributed by atoms with E-state index in [1.165, 1.54) is 0 Å². The van der Waals surface area contributed by atoms with Crippen molar-refractivity contribution in [1.82, 2.24) is 0 Å². The van der Waals surface area contributed by atoms with Gasteiger partial charge in [0.25, 0.3) is 0 Å². The van der Waals surface area contributed by atoms with E-state index in [0.717, 1.165) is 8.66 Å². The summed E-state index contributed by atoms with van der Waals surface area (Å²) in [7, 11) is 0. The first-order chi connectivity index (χ1) is 5.24. The SMILES string of the molecule is N[C@H](CCF)c1ccc(Br)s1. The highest BCUT2D eigenvalue weighted by Crippen LogP contribution is 2.27. The lowest BCUT2D eigenvalue weighted by Crippen LogP contribution is -2.08. The summed E-state index contributed by atoms with van der Waals surface area (Å²) in [5, 5.41) is 0. The Balaban J connectivity index is 2.60. The zero-order chi connectivity index (χ0) is 8.27. The van der Waals surface area contributed by atoms with Crippen LogP contribution in [0.3, 0.4) is 0 Å². The van der Waals surface area contributed by atoms with Crippen LogP contribution in [0.25, 0.3) is 0 Å². The molecule has 1 rings (SSSR count). The van der Waals surface area contributed by atoms with E-state index in [0.29, 0.717) is 6.42 Å². The maximum atomic E-state index is 11.8. The maximum absolute atomic E-state index is 11.8. The average molecular weight is 238 g/mol. The van der Waals surface area contributed by atoms with Crippen LogP contribution >= 0.6 is 27.3 Å². The van der Waals surface area contributed by atoms with Gasteiger partial charge in [0.05, 0.1) is 10.5 Å². The summed E-state index contributed by atoms with van der Waals surface area (Å²) in [6.07, 6.45) is 0.410. The molecule has 0 aliphatic carbocycles. The highest BCUT2D eigenvalue weighted by molar-refractivity contribution is 9.11. The number of hydrogen-bond acceptors (Lipinski definition) is 2. The summed E-state index contributed by atoms with van der Waals surface area (Å²) in [4.78, 5) is 1.04. The van der Waals surface area contributed by atoms with Crippen molar-refractivity contribution < 1.29 is 4.39 Å². The van der Waals surface area contributed by atoms with Gasteiger partial charge < -0.3 is 5.73 Å². The topological polar surface area (TPSA) is 26.0 Å². The van der Waals surface area contributed by atoms with Gasteiger partial charge in [0.15, 0.2) is 0 Å². The number of halogens is 2. The number of nitrogens with two attached hydrogens (primary N) is 1. The second kappa shape index (κ2) is 4.18. The van der Waals surface area contributed by atoms with Crippen molar-refractivity contribution in [2.24, 2.45) is 5.73 Å². The van der Waals surface area contributed by atoms with Gasteiger partial charge in [-0.3, -0.25) is 4.39 Å². The molecule has 0 bridgehead atoms. The van der Waals surface area contributed by atoms with Crippen LogP contribution in [0.2, 0.25) is 0 Å². The summed E-state index contributed by atoms with van der Waals surface area (Å²) < 4.78 is 12.9.